The van der Waals surface area contributed by atoms with Crippen LogP contribution in [0.3, 0.4) is 0 Å². The molecular weight excluding hydrogens is 1900 g/mol. The predicted molar refractivity (Wildman–Crippen MR) is 461 cm³/mol. The second kappa shape index (κ2) is 42.8. The first-order valence-corrected chi connectivity index (χ1v) is 49.4. The molecular formula is C78H81BrCl2F3N13O22S7. The number of ether oxygens (including phenoxy) is 7. The smallest absolute Gasteiger partial charge is 0.468 e. The van der Waals surface area contributed by atoms with Gasteiger partial charge in [-0.25, -0.2) is 85.7 Å². The van der Waals surface area contributed by atoms with E-state index in [1.165, 1.54) is 118 Å². The number of methoxy groups -OCH3 is 1. The van der Waals surface area contributed by atoms with Crippen LogP contribution in [-0.2, 0) is 101 Å². The molecule has 3 fully saturated rings. The number of benzene rings is 4. The van der Waals surface area contributed by atoms with E-state index in [0.717, 1.165) is 12.1 Å². The predicted octanol–water partition coefficient (Wildman–Crippen LogP) is 7.68. The topological polar surface area (TPSA) is 454 Å². The number of sulfonamides is 1. The van der Waals surface area contributed by atoms with Crippen LogP contribution in [0.2, 0.25) is 10.0 Å². The van der Waals surface area contributed by atoms with Gasteiger partial charge in [0.2, 0.25) is 6.79 Å². The molecule has 35 nitrogen and oxygen atoms in total. The van der Waals surface area contributed by atoms with Crippen LogP contribution in [0.5, 0.6) is 0 Å². The molecule has 126 heavy (non-hydrogen) atoms. The minimum Gasteiger partial charge on any atom is -0.468 e. The van der Waals surface area contributed by atoms with Crippen LogP contribution in [0.1, 0.15) is 84.5 Å². The molecule has 6 atom stereocenters. The van der Waals surface area contributed by atoms with Crippen LogP contribution in [0.4, 0.5) is 18.0 Å². The number of carbonyl (C=O) groups is 7. The van der Waals surface area contributed by atoms with Crippen LogP contribution < -0.4 is 20.7 Å². The summed E-state index contributed by atoms with van der Waals surface area (Å²) in [4.78, 5) is 122. The van der Waals surface area contributed by atoms with Gasteiger partial charge in [0.15, 0.2) is 62.0 Å². The van der Waals surface area contributed by atoms with Crippen molar-refractivity contribution in [3.63, 3.8) is 0 Å². The Hall–Kier alpha value is -9.98. The van der Waals surface area contributed by atoms with Gasteiger partial charge < -0.3 is 49.1 Å². The van der Waals surface area contributed by atoms with Crippen LogP contribution in [0, 0.1) is 17.5 Å². The lowest BCUT2D eigenvalue weighted by Crippen LogP contribution is -2.57. The van der Waals surface area contributed by atoms with E-state index >= 15 is 0 Å². The molecule has 0 aliphatic carbocycles. The molecule has 6 aliphatic rings. The fourth-order valence-electron chi connectivity index (χ4n) is 13.5. The SMILES string of the molecule is CCOC(=O)C1=C(CN2CCS(=O)(=O)CC2C(=O)NS(=O)(=O)c2ccccc2)NC(c2nccs2)=NC1c1ccc(F)cc1Br.CCOC(=O)C1=C(CN2CCS(=O)(=O)CC2C(=O)OC)NC(c2nccs2)=NC1c1ccc(F)cc1Cl.CCOC(=O)C1=C(CN2CCS(=O)(=O)CC2C(=O)OCOC(=O)OC(C)C)NC(c2nccs2)=NC1c1ccc(F)cc1Cl. The van der Waals surface area contributed by atoms with Gasteiger partial charge in [-0.3, -0.25) is 44.1 Å². The molecule has 4 aromatic carbocycles. The number of nitrogens with one attached hydrogen (secondary N) is 4. The molecule has 0 bridgehead atoms. The van der Waals surface area contributed by atoms with Crippen LogP contribution >= 0.6 is 73.1 Å². The normalized spacial score (nSPS) is 20.6. The summed E-state index contributed by atoms with van der Waals surface area (Å²) in [5.74, 6) is -8.01. The van der Waals surface area contributed by atoms with Gasteiger partial charge in [-0.05, 0) is 88.7 Å². The lowest BCUT2D eigenvalue weighted by Gasteiger charge is -2.36. The van der Waals surface area contributed by atoms with Crippen molar-refractivity contribution in [3.8, 4) is 0 Å². The number of hydrogen-bond donors (Lipinski definition) is 4. The quantitative estimate of drug-likeness (QED) is 0.0229. The minimum atomic E-state index is -4.31. The number of sulfone groups is 3. The van der Waals surface area contributed by atoms with Crippen molar-refractivity contribution in [2.45, 2.75) is 81.9 Å². The number of halogens is 6. The Balaban J connectivity index is 0.000000184. The third-order valence-corrected chi connectivity index (χ3v) is 29.2. The van der Waals surface area contributed by atoms with E-state index in [0.29, 0.717) is 47.7 Å². The lowest BCUT2D eigenvalue weighted by atomic mass is 9.95. The summed E-state index contributed by atoms with van der Waals surface area (Å²) in [7, 11) is -14.0. The van der Waals surface area contributed by atoms with Crippen molar-refractivity contribution < 1.29 is 114 Å². The molecule has 3 aromatic heterocycles. The average molecular weight is 1980 g/mol. The van der Waals surface area contributed by atoms with E-state index in [4.69, 9.17) is 61.4 Å². The Morgan fingerprint density at radius 1 is 0.532 bits per heavy atom. The standard InChI is InChI=1S/C28H27BrFN5O7S3.C27H30ClFN4O9S2.C23H24ClFN4O6S2/c1-2-42-28(37)23-21(32-25(27-31-10-12-43-27)33-24(23)19-9-8-17(30)14-20(19)29)15-35-11-13-44(38,39)16-22(35)26(36)34-45(40,41)18-6-4-3-5-7-18;1-4-39-26(35)21-19(31-23(24-30-7-9-43-24)32-22(21)17-6-5-16(29)11-18(17)28)12-33-8-10-44(37,38)13-20(33)25(34)40-14-41-27(36)42-15(2)3;1-3-35-23(31)18-16(11-29-7-9-37(32,33)12-17(29)22(30)34-2)27-20(21-26-6-8-36-21)28-19(18)14-5-4-13(25)10-15(14)24/h3-10,12,14,22,24H,2,11,13,15-16H2,1H3,(H,32,33)(H,34,36);5-7,9,11,15,20,22H,4,8,10,12-14H2,1-3H3,(H,31,32);4-6,8,10,17,19H,3,7,9,11-12H2,1-2H3,(H,27,28). The number of esters is 5. The molecule has 0 spiro atoms. The van der Waals surface area contributed by atoms with E-state index in [9.17, 15) is 80.4 Å². The van der Waals surface area contributed by atoms with Gasteiger partial charge in [0.1, 0.15) is 53.7 Å². The Bertz CT molecular complexity index is 5940. The van der Waals surface area contributed by atoms with Gasteiger partial charge in [-0.2, -0.15) is 0 Å². The summed E-state index contributed by atoms with van der Waals surface area (Å²) in [5, 5.41) is 16.1. The van der Waals surface area contributed by atoms with Crippen LogP contribution in [0.15, 0.2) is 178 Å². The van der Waals surface area contributed by atoms with Crippen LogP contribution in [0.25, 0.3) is 0 Å². The number of aliphatic imine (C=N–C) groups is 3. The Morgan fingerprint density at radius 3 is 1.27 bits per heavy atom. The maximum absolute atomic E-state index is 14.1. The zero-order valence-electron chi connectivity index (χ0n) is 67.5. The Labute approximate surface area is 751 Å². The number of amidine groups is 3. The average Bonchev–Trinajstić information content (AvgIpc) is 0.951. The number of nitrogens with zero attached hydrogens (tertiary/aromatic N) is 9. The third-order valence-electron chi connectivity index (χ3n) is 19.3. The molecule has 0 saturated carbocycles. The van der Waals surface area contributed by atoms with E-state index in [-0.39, 0.29) is 131 Å². The van der Waals surface area contributed by atoms with Gasteiger partial charge in [-0.15, -0.1) is 34.0 Å². The summed E-state index contributed by atoms with van der Waals surface area (Å²) >= 11 is 20.0. The summed E-state index contributed by atoms with van der Waals surface area (Å²) in [6.07, 6.45) is 3.20. The fraction of sp³-hybridized carbons (Fsp3) is 0.372. The zero-order valence-corrected chi connectivity index (χ0v) is 76.3. The largest absolute Gasteiger partial charge is 0.511 e. The van der Waals surface area contributed by atoms with Crippen molar-refractivity contribution in [3.05, 3.63) is 217 Å². The lowest BCUT2D eigenvalue weighted by molar-refractivity contribution is -0.159. The molecule has 1 amide bonds. The van der Waals surface area contributed by atoms with Gasteiger partial charge in [-0.1, -0.05) is 75.5 Å². The minimum absolute atomic E-state index is 0.0156. The summed E-state index contributed by atoms with van der Waals surface area (Å²) in [5.41, 5.74) is 2.11. The molecule has 6 aliphatic heterocycles. The van der Waals surface area contributed by atoms with E-state index in [2.05, 4.69) is 56.8 Å². The number of hydrogen-bond acceptors (Lipinski definition) is 37. The highest BCUT2D eigenvalue weighted by molar-refractivity contribution is 9.10. The van der Waals surface area contributed by atoms with Crippen molar-refractivity contribution >= 4 is 172 Å². The number of carbonyl (C=O) groups excluding carboxylic acids is 7. The zero-order chi connectivity index (χ0) is 91.1. The van der Waals surface area contributed by atoms with Gasteiger partial charge in [0, 0.05) is 117 Å². The van der Waals surface area contributed by atoms with Crippen molar-refractivity contribution in [1.82, 2.24) is 50.3 Å². The summed E-state index contributed by atoms with van der Waals surface area (Å²) in [6, 6.07) is 11.8. The first-order valence-electron chi connectivity index (χ1n) is 38.2. The first kappa shape index (κ1) is 96.6. The number of rotatable bonds is 26. The van der Waals surface area contributed by atoms with Crippen molar-refractivity contribution in [2.75, 3.05) is 108 Å². The molecule has 4 N–H and O–H groups in total. The number of thiazole rings is 3. The summed E-state index contributed by atoms with van der Waals surface area (Å²) < 4.78 is 181. The second-order valence-corrected chi connectivity index (χ2v) is 40.8. The maximum atomic E-state index is 14.1. The molecule has 9 heterocycles. The Kier molecular flexibility index (Phi) is 32.8. The maximum Gasteiger partial charge on any atom is 0.511 e. The third kappa shape index (κ3) is 24.7. The summed E-state index contributed by atoms with van der Waals surface area (Å²) in [6.45, 7) is 6.90. The molecule has 3 saturated heterocycles. The number of aromatic nitrogens is 3. The van der Waals surface area contributed by atoms with Gasteiger partial charge in [0.05, 0.1) is 89.2 Å². The molecule has 0 radical (unpaired) electrons. The molecule has 13 rings (SSSR count). The monoisotopic (exact) mass is 1980 g/mol. The van der Waals surface area contributed by atoms with Gasteiger partial charge >= 0.3 is 36.0 Å². The van der Waals surface area contributed by atoms with Crippen LogP contribution in [-0.4, -0.2) is 254 Å². The number of amides is 1. The highest BCUT2D eigenvalue weighted by Gasteiger charge is 2.46. The van der Waals surface area contributed by atoms with Crippen molar-refractivity contribution in [1.29, 1.82) is 0 Å². The molecule has 674 valence electrons. The molecule has 6 unspecified atom stereocenters. The fourth-order valence-corrected chi connectivity index (χ4v) is 22.0. The Morgan fingerprint density at radius 2 is 0.905 bits per heavy atom. The van der Waals surface area contributed by atoms with E-state index < -0.39 is 165 Å². The van der Waals surface area contributed by atoms with E-state index in [1.54, 1.807) is 80.3 Å². The second-order valence-electron chi connectivity index (χ2n) is 28.1. The molecule has 48 heteroatoms. The van der Waals surface area contributed by atoms with E-state index in [1.807, 2.05) is 4.72 Å². The first-order chi connectivity index (χ1) is 59.9. The van der Waals surface area contributed by atoms with Gasteiger partial charge in [0.25, 0.3) is 15.9 Å². The van der Waals surface area contributed by atoms with Crippen molar-refractivity contribution in [2.24, 2.45) is 15.0 Å². The molecule has 7 aromatic rings. The highest BCUT2D eigenvalue weighted by Crippen LogP contribution is 2.42. The highest BCUT2D eigenvalue weighted by atomic mass is 79.9.